The fourth-order valence-corrected chi connectivity index (χ4v) is 4.09. The van der Waals surface area contributed by atoms with E-state index >= 15 is 0 Å². The smallest absolute Gasteiger partial charge is 0.325 e. The van der Waals surface area contributed by atoms with Crippen LogP contribution in [0.3, 0.4) is 0 Å². The second kappa shape index (κ2) is 9.15. The lowest BCUT2D eigenvalue weighted by Crippen LogP contribution is -2.48. The molecule has 1 saturated heterocycles. The second-order valence-electron chi connectivity index (χ2n) is 6.74. The van der Waals surface area contributed by atoms with E-state index in [0.717, 1.165) is 18.8 Å². The molecule has 2 aromatic carbocycles. The number of amides is 3. The maximum Gasteiger partial charge on any atom is 0.325 e. The molecule has 154 valence electrons. The molecule has 3 aromatic rings. The molecule has 0 aliphatic carbocycles. The molecule has 1 aliphatic rings. The van der Waals surface area contributed by atoms with Crippen LogP contribution in [0.1, 0.15) is 10.5 Å². The molecule has 0 atom stereocenters. The number of piperazine rings is 1. The Balaban J connectivity index is 1.31. The zero-order valence-corrected chi connectivity index (χ0v) is 17.6. The molecule has 1 aliphatic heterocycles. The lowest BCUT2D eigenvalue weighted by atomic mass is 10.2. The number of para-hydroxylation sites is 1. The Labute approximate surface area is 183 Å². The summed E-state index contributed by atoms with van der Waals surface area (Å²) in [6, 6.07) is 16.6. The molecule has 0 saturated carbocycles. The number of hydrogen-bond donors (Lipinski definition) is 2. The van der Waals surface area contributed by atoms with E-state index in [0.29, 0.717) is 34.6 Å². The number of hydrogen-bond acceptors (Lipinski definition) is 5. The first kappa shape index (κ1) is 20.2. The monoisotopic (exact) mass is 441 g/mol. The number of rotatable bonds is 4. The van der Waals surface area contributed by atoms with Crippen molar-refractivity contribution < 1.29 is 9.59 Å². The predicted molar refractivity (Wildman–Crippen MR) is 121 cm³/mol. The van der Waals surface area contributed by atoms with Crippen molar-refractivity contribution in [2.45, 2.75) is 0 Å². The van der Waals surface area contributed by atoms with Crippen LogP contribution in [-0.4, -0.2) is 48.0 Å². The highest BCUT2D eigenvalue weighted by atomic mass is 35.5. The van der Waals surface area contributed by atoms with Gasteiger partial charge in [0.1, 0.15) is 5.69 Å². The van der Waals surface area contributed by atoms with Crippen LogP contribution in [0.15, 0.2) is 60.0 Å². The quantitative estimate of drug-likeness (QED) is 0.629. The topological polar surface area (TPSA) is 77.6 Å². The number of aromatic nitrogens is 1. The lowest BCUT2D eigenvalue weighted by molar-refractivity contribution is 0.0741. The van der Waals surface area contributed by atoms with Gasteiger partial charge in [0.15, 0.2) is 5.13 Å². The summed E-state index contributed by atoms with van der Waals surface area (Å²) in [6.07, 6.45) is 0. The fraction of sp³-hybridized carbons (Fsp3) is 0.190. The van der Waals surface area contributed by atoms with Crippen LogP contribution in [0.4, 0.5) is 21.3 Å². The number of carbonyl (C=O) groups excluding carboxylic acids is 2. The van der Waals surface area contributed by atoms with E-state index in [1.807, 2.05) is 18.2 Å². The molecule has 2 heterocycles. The predicted octanol–water partition coefficient (Wildman–Crippen LogP) is 4.40. The molecule has 3 amide bonds. The Morgan fingerprint density at radius 2 is 1.73 bits per heavy atom. The third kappa shape index (κ3) is 4.90. The summed E-state index contributed by atoms with van der Waals surface area (Å²) in [6.45, 7) is 2.80. The van der Waals surface area contributed by atoms with Gasteiger partial charge < -0.3 is 15.1 Å². The molecule has 0 radical (unpaired) electrons. The van der Waals surface area contributed by atoms with Crippen LogP contribution in [0.25, 0.3) is 0 Å². The normalized spacial score (nSPS) is 13.8. The van der Waals surface area contributed by atoms with Gasteiger partial charge in [0.05, 0.1) is 0 Å². The lowest BCUT2D eigenvalue weighted by Gasteiger charge is -2.35. The molecule has 1 fully saturated rings. The van der Waals surface area contributed by atoms with Crippen molar-refractivity contribution in [2.24, 2.45) is 0 Å². The summed E-state index contributed by atoms with van der Waals surface area (Å²) in [7, 11) is 0. The SMILES string of the molecule is O=C(Nc1cccc(Cl)c1)Nc1nc(C(=O)N2CCN(c3ccccc3)CC2)cs1. The van der Waals surface area contributed by atoms with E-state index in [2.05, 4.69) is 32.7 Å². The highest BCUT2D eigenvalue weighted by Crippen LogP contribution is 2.20. The van der Waals surface area contributed by atoms with Crippen LogP contribution < -0.4 is 15.5 Å². The maximum absolute atomic E-state index is 12.8. The molecule has 9 heteroatoms. The number of anilines is 3. The van der Waals surface area contributed by atoms with Crippen molar-refractivity contribution >= 4 is 51.4 Å². The minimum Gasteiger partial charge on any atom is -0.368 e. The molecule has 0 spiro atoms. The van der Waals surface area contributed by atoms with Gasteiger partial charge in [-0.05, 0) is 30.3 Å². The number of urea groups is 1. The van der Waals surface area contributed by atoms with Gasteiger partial charge in [0.25, 0.3) is 5.91 Å². The van der Waals surface area contributed by atoms with Crippen molar-refractivity contribution in [3.05, 3.63) is 70.7 Å². The van der Waals surface area contributed by atoms with Crippen molar-refractivity contribution in [2.75, 3.05) is 41.7 Å². The van der Waals surface area contributed by atoms with Gasteiger partial charge in [-0.2, -0.15) is 0 Å². The number of thiazole rings is 1. The van der Waals surface area contributed by atoms with Crippen molar-refractivity contribution in [1.29, 1.82) is 0 Å². The second-order valence-corrected chi connectivity index (χ2v) is 8.04. The fourth-order valence-electron chi connectivity index (χ4n) is 3.22. The van der Waals surface area contributed by atoms with E-state index in [9.17, 15) is 9.59 Å². The number of carbonyl (C=O) groups is 2. The highest BCUT2D eigenvalue weighted by molar-refractivity contribution is 7.14. The van der Waals surface area contributed by atoms with E-state index in [-0.39, 0.29) is 5.91 Å². The van der Waals surface area contributed by atoms with Crippen molar-refractivity contribution in [3.8, 4) is 0 Å². The molecule has 0 bridgehead atoms. The first-order valence-corrected chi connectivity index (χ1v) is 10.7. The molecule has 7 nitrogen and oxygen atoms in total. The highest BCUT2D eigenvalue weighted by Gasteiger charge is 2.24. The third-order valence-corrected chi connectivity index (χ3v) is 5.71. The first-order valence-electron chi connectivity index (χ1n) is 9.47. The zero-order valence-electron chi connectivity index (χ0n) is 16.0. The van der Waals surface area contributed by atoms with Crippen molar-refractivity contribution in [1.82, 2.24) is 9.88 Å². The molecular weight excluding hydrogens is 422 g/mol. The van der Waals surface area contributed by atoms with Gasteiger partial charge in [-0.15, -0.1) is 11.3 Å². The molecule has 0 unspecified atom stereocenters. The Morgan fingerprint density at radius 3 is 2.47 bits per heavy atom. The van der Waals surface area contributed by atoms with E-state index < -0.39 is 6.03 Å². The molecule has 4 rings (SSSR count). The minimum absolute atomic E-state index is 0.123. The first-order chi connectivity index (χ1) is 14.6. The van der Waals surface area contributed by atoms with Crippen LogP contribution in [0.2, 0.25) is 5.02 Å². The summed E-state index contributed by atoms with van der Waals surface area (Å²) in [5.74, 6) is -0.123. The molecular formula is C21H20ClN5O2S. The Kier molecular flexibility index (Phi) is 6.15. The zero-order chi connectivity index (χ0) is 20.9. The summed E-state index contributed by atoms with van der Waals surface area (Å²) < 4.78 is 0. The van der Waals surface area contributed by atoms with Crippen LogP contribution in [0, 0.1) is 0 Å². The van der Waals surface area contributed by atoms with Gasteiger partial charge >= 0.3 is 6.03 Å². The van der Waals surface area contributed by atoms with Gasteiger partial charge in [-0.25, -0.2) is 9.78 Å². The maximum atomic E-state index is 12.8. The van der Waals surface area contributed by atoms with E-state index in [4.69, 9.17) is 11.6 Å². The van der Waals surface area contributed by atoms with E-state index in [1.54, 1.807) is 34.5 Å². The van der Waals surface area contributed by atoms with Crippen LogP contribution in [0.5, 0.6) is 0 Å². The van der Waals surface area contributed by atoms with Crippen LogP contribution >= 0.6 is 22.9 Å². The van der Waals surface area contributed by atoms with Gasteiger partial charge in [0, 0.05) is 48.0 Å². The Bertz CT molecular complexity index is 1030. The minimum atomic E-state index is -0.443. The summed E-state index contributed by atoms with van der Waals surface area (Å²) in [5, 5.41) is 7.90. The van der Waals surface area contributed by atoms with Gasteiger partial charge in [-0.3, -0.25) is 10.1 Å². The summed E-state index contributed by atoms with van der Waals surface area (Å²) >= 11 is 7.13. The largest absolute Gasteiger partial charge is 0.368 e. The molecule has 30 heavy (non-hydrogen) atoms. The summed E-state index contributed by atoms with van der Waals surface area (Å²) in [4.78, 5) is 33.3. The molecule has 2 N–H and O–H groups in total. The van der Waals surface area contributed by atoms with Crippen molar-refractivity contribution in [3.63, 3.8) is 0 Å². The van der Waals surface area contributed by atoms with Gasteiger partial charge in [0.2, 0.25) is 0 Å². The Morgan fingerprint density at radius 1 is 0.967 bits per heavy atom. The number of nitrogens with zero attached hydrogens (tertiary/aromatic N) is 3. The number of benzene rings is 2. The number of halogens is 1. The molecule has 1 aromatic heterocycles. The van der Waals surface area contributed by atoms with Gasteiger partial charge in [-0.1, -0.05) is 35.9 Å². The average molecular weight is 442 g/mol. The third-order valence-electron chi connectivity index (χ3n) is 4.71. The average Bonchev–Trinajstić information content (AvgIpc) is 3.22. The number of nitrogens with one attached hydrogen (secondary N) is 2. The summed E-state index contributed by atoms with van der Waals surface area (Å²) in [5.41, 5.74) is 2.07. The van der Waals surface area contributed by atoms with Crippen LogP contribution in [-0.2, 0) is 0 Å². The van der Waals surface area contributed by atoms with E-state index in [1.165, 1.54) is 11.3 Å². The standard InChI is InChI=1S/C21H20ClN5O2S/c22-15-5-4-6-16(13-15)23-20(29)25-21-24-18(14-30-21)19(28)27-11-9-26(10-12-27)17-7-2-1-3-8-17/h1-8,13-14H,9-12H2,(H2,23,24,25,29). The Hall–Kier alpha value is -3.10.